The van der Waals surface area contributed by atoms with Crippen molar-refractivity contribution in [3.05, 3.63) is 36.5 Å². The van der Waals surface area contributed by atoms with Crippen molar-refractivity contribution < 1.29 is 15.0 Å². The summed E-state index contributed by atoms with van der Waals surface area (Å²) in [4.78, 5) is 8.56. The Morgan fingerprint density at radius 3 is 2.08 bits per heavy atom. The fraction of sp³-hybridized carbons (Fsp3) is 0.300. The summed E-state index contributed by atoms with van der Waals surface area (Å²) < 4.78 is 0. The molecule has 0 aromatic heterocycles. The lowest BCUT2D eigenvalue weighted by Gasteiger charge is -1.89. The Labute approximate surface area is 78.7 Å². The molecule has 74 valence electrons. The lowest BCUT2D eigenvalue weighted by Crippen LogP contribution is -1.81. The predicted molar refractivity (Wildman–Crippen MR) is 54.0 cm³/mol. The van der Waals surface area contributed by atoms with Crippen LogP contribution in [0.3, 0.4) is 0 Å². The van der Waals surface area contributed by atoms with Gasteiger partial charge in [0.1, 0.15) is 0 Å². The zero-order valence-corrected chi connectivity index (χ0v) is 8.03. The predicted octanol–water partition coefficient (Wildman–Crippen LogP) is 3.31. The Morgan fingerprint density at radius 1 is 1.31 bits per heavy atom. The van der Waals surface area contributed by atoms with Crippen LogP contribution in [0.5, 0.6) is 0 Å². The molecule has 0 saturated heterocycles. The van der Waals surface area contributed by atoms with Crippen LogP contribution in [0.25, 0.3) is 0 Å². The van der Waals surface area contributed by atoms with Crippen LogP contribution in [0.4, 0.5) is 4.79 Å². The van der Waals surface area contributed by atoms with Crippen LogP contribution in [0.15, 0.2) is 36.5 Å². The van der Waals surface area contributed by atoms with E-state index in [1.165, 1.54) is 0 Å². The second kappa shape index (κ2) is 10.5. The van der Waals surface area contributed by atoms with Gasteiger partial charge in [-0.05, 0) is 20.3 Å². The van der Waals surface area contributed by atoms with Crippen molar-refractivity contribution in [1.82, 2.24) is 0 Å². The smallest absolute Gasteiger partial charge is 0.450 e. The maximum Gasteiger partial charge on any atom is 0.503 e. The lowest BCUT2D eigenvalue weighted by molar-refractivity contribution is 0.137. The average molecular weight is 184 g/mol. The highest BCUT2D eigenvalue weighted by molar-refractivity contribution is 5.53. The van der Waals surface area contributed by atoms with E-state index in [4.69, 9.17) is 15.0 Å². The van der Waals surface area contributed by atoms with Crippen LogP contribution in [0, 0.1) is 0 Å². The minimum absolute atomic E-state index is 0.973. The molecule has 0 heterocycles. The van der Waals surface area contributed by atoms with Gasteiger partial charge in [0.25, 0.3) is 0 Å². The van der Waals surface area contributed by atoms with Crippen LogP contribution in [-0.2, 0) is 0 Å². The van der Waals surface area contributed by atoms with Gasteiger partial charge in [0.15, 0.2) is 0 Å². The minimum Gasteiger partial charge on any atom is -0.450 e. The van der Waals surface area contributed by atoms with E-state index in [2.05, 4.69) is 12.7 Å². The average Bonchev–Trinajstić information content (AvgIpc) is 2.00. The summed E-state index contributed by atoms with van der Waals surface area (Å²) in [5.41, 5.74) is 1.16. The molecule has 0 spiro atoms. The molecule has 0 unspecified atom stereocenters. The highest BCUT2D eigenvalue weighted by Gasteiger charge is 1.79. The molecule has 0 saturated carbocycles. The summed E-state index contributed by atoms with van der Waals surface area (Å²) in [5.74, 6) is 0. The summed E-state index contributed by atoms with van der Waals surface area (Å²) in [5, 5.41) is 13.9. The molecule has 0 atom stereocenters. The Kier molecular flexibility index (Phi) is 11.3. The first-order valence-corrected chi connectivity index (χ1v) is 3.88. The van der Waals surface area contributed by atoms with E-state index in [-0.39, 0.29) is 0 Å². The highest BCUT2D eigenvalue weighted by Crippen LogP contribution is 1.99. The van der Waals surface area contributed by atoms with Crippen LogP contribution in [-0.4, -0.2) is 16.4 Å². The van der Waals surface area contributed by atoms with Gasteiger partial charge in [-0.25, -0.2) is 4.79 Å². The number of hydrogen-bond acceptors (Lipinski definition) is 1. The Morgan fingerprint density at radius 2 is 1.77 bits per heavy atom. The van der Waals surface area contributed by atoms with Gasteiger partial charge in [0, 0.05) is 0 Å². The Hall–Kier alpha value is -1.51. The largest absolute Gasteiger partial charge is 0.503 e. The maximum absolute atomic E-state index is 8.56. The lowest BCUT2D eigenvalue weighted by atomic mass is 10.2. The summed E-state index contributed by atoms with van der Waals surface area (Å²) in [6.45, 7) is 7.86. The van der Waals surface area contributed by atoms with Gasteiger partial charge in [0.05, 0.1) is 0 Å². The van der Waals surface area contributed by atoms with E-state index in [9.17, 15) is 0 Å². The molecule has 0 aliphatic rings. The summed E-state index contributed by atoms with van der Waals surface area (Å²) >= 11 is 0. The molecule has 0 bridgehead atoms. The fourth-order valence-electron chi connectivity index (χ4n) is 0.573. The molecule has 0 radical (unpaired) electrons. The van der Waals surface area contributed by atoms with Crippen molar-refractivity contribution >= 4 is 6.16 Å². The molecule has 0 aliphatic heterocycles. The molecule has 3 nitrogen and oxygen atoms in total. The highest BCUT2D eigenvalue weighted by atomic mass is 16.6. The molecule has 13 heavy (non-hydrogen) atoms. The first-order valence-electron chi connectivity index (χ1n) is 3.88. The molecule has 3 heteroatoms. The van der Waals surface area contributed by atoms with Gasteiger partial charge in [0.2, 0.25) is 0 Å². The van der Waals surface area contributed by atoms with E-state index in [0.29, 0.717) is 0 Å². The fourth-order valence-corrected chi connectivity index (χ4v) is 0.573. The van der Waals surface area contributed by atoms with Crippen molar-refractivity contribution in [2.45, 2.75) is 20.3 Å². The number of allylic oxidation sites excluding steroid dienone is 5. The normalized spacial score (nSPS) is 9.69. The minimum atomic E-state index is -1.83. The standard InChI is InChI=1S/C9H14.CH2O3/c1-4-6-8-9(3)7-5-2;2-1(3)4/h4-7H,3,8H2,1-2H3;(H2,2,3,4). The van der Waals surface area contributed by atoms with E-state index in [1.807, 2.05) is 32.1 Å². The third-order valence-corrected chi connectivity index (χ3v) is 1.02. The van der Waals surface area contributed by atoms with E-state index < -0.39 is 6.16 Å². The molecular weight excluding hydrogens is 168 g/mol. The molecule has 0 aromatic carbocycles. The molecule has 0 aliphatic carbocycles. The van der Waals surface area contributed by atoms with Crippen molar-refractivity contribution in [2.75, 3.05) is 0 Å². The Balaban J connectivity index is 0. The van der Waals surface area contributed by atoms with Gasteiger partial charge < -0.3 is 10.2 Å². The maximum atomic E-state index is 8.56. The van der Waals surface area contributed by atoms with Crippen molar-refractivity contribution in [1.29, 1.82) is 0 Å². The topological polar surface area (TPSA) is 57.5 Å². The zero-order valence-electron chi connectivity index (χ0n) is 8.03. The van der Waals surface area contributed by atoms with Crippen molar-refractivity contribution in [2.24, 2.45) is 0 Å². The quantitative estimate of drug-likeness (QED) is 0.522. The van der Waals surface area contributed by atoms with Gasteiger partial charge in [-0.1, -0.05) is 36.5 Å². The SMILES string of the molecule is C=C(C=CC)CC=CC.O=C(O)O. The van der Waals surface area contributed by atoms with Crippen LogP contribution >= 0.6 is 0 Å². The van der Waals surface area contributed by atoms with Gasteiger partial charge in [-0.2, -0.15) is 0 Å². The first-order chi connectivity index (χ1) is 6.04. The number of carboxylic acid groups (broad SMARTS) is 2. The van der Waals surface area contributed by atoms with E-state index in [0.717, 1.165) is 12.0 Å². The van der Waals surface area contributed by atoms with E-state index in [1.54, 1.807) is 0 Å². The number of carbonyl (C=O) groups is 1. The number of rotatable bonds is 3. The van der Waals surface area contributed by atoms with Gasteiger partial charge in [-0.15, -0.1) is 0 Å². The first kappa shape index (κ1) is 14.0. The zero-order chi connectivity index (χ0) is 10.7. The third kappa shape index (κ3) is 25.1. The monoisotopic (exact) mass is 184 g/mol. The third-order valence-electron chi connectivity index (χ3n) is 1.02. The summed E-state index contributed by atoms with van der Waals surface area (Å²) in [6, 6.07) is 0. The van der Waals surface area contributed by atoms with Gasteiger partial charge >= 0.3 is 6.16 Å². The summed E-state index contributed by atoms with van der Waals surface area (Å²) in [6.07, 6.45) is 7.31. The van der Waals surface area contributed by atoms with Crippen molar-refractivity contribution in [3.8, 4) is 0 Å². The van der Waals surface area contributed by atoms with E-state index >= 15 is 0 Å². The molecule has 2 N–H and O–H groups in total. The molecule has 0 fully saturated rings. The molecule has 0 rings (SSSR count). The van der Waals surface area contributed by atoms with Crippen molar-refractivity contribution in [3.63, 3.8) is 0 Å². The van der Waals surface area contributed by atoms with Gasteiger partial charge in [-0.3, -0.25) is 0 Å². The van der Waals surface area contributed by atoms with Crippen LogP contribution in [0.2, 0.25) is 0 Å². The molecule has 0 aromatic rings. The number of hydrogen-bond donors (Lipinski definition) is 2. The van der Waals surface area contributed by atoms with Crippen LogP contribution < -0.4 is 0 Å². The summed E-state index contributed by atoms with van der Waals surface area (Å²) in [7, 11) is 0. The molecule has 0 amide bonds. The van der Waals surface area contributed by atoms with Crippen LogP contribution in [0.1, 0.15) is 20.3 Å². The second-order valence-electron chi connectivity index (χ2n) is 2.21. The molecular formula is C10H16O3. The second-order valence-corrected chi connectivity index (χ2v) is 2.21. The Bertz CT molecular complexity index is 198.